The third-order valence-electron chi connectivity index (χ3n) is 7.98. The Morgan fingerprint density at radius 3 is 1.30 bits per heavy atom. The second-order valence-electron chi connectivity index (χ2n) is 11.5. The van der Waals surface area contributed by atoms with Crippen LogP contribution >= 0.6 is 7.26 Å². The lowest BCUT2D eigenvalue weighted by molar-refractivity contribution is -0.137. The normalized spacial score (nSPS) is 12.4. The average Bonchev–Trinajstić information content (AvgIpc) is 2.87. The number of unbranched alkanes of at least 4 members (excludes halogenated alkanes) is 16. The van der Waals surface area contributed by atoms with Crippen LogP contribution in [0.3, 0.4) is 0 Å². The molecule has 4 heteroatoms. The number of rotatable bonds is 24. The van der Waals surface area contributed by atoms with Crippen LogP contribution in [0.1, 0.15) is 154 Å². The van der Waals surface area contributed by atoms with Crippen LogP contribution in [-0.4, -0.2) is 18.5 Å². The van der Waals surface area contributed by atoms with Crippen molar-refractivity contribution in [3.63, 3.8) is 0 Å². The van der Waals surface area contributed by atoms with Crippen molar-refractivity contribution >= 4 is 7.26 Å². The van der Waals surface area contributed by atoms with Crippen LogP contribution < -0.4 is 0 Å². The van der Waals surface area contributed by atoms with Gasteiger partial charge in [-0.2, -0.15) is 13.2 Å². The number of alkyl halides is 3. The van der Waals surface area contributed by atoms with Crippen LogP contribution in [0.5, 0.6) is 0 Å². The summed E-state index contributed by atoms with van der Waals surface area (Å²) in [6.07, 6.45) is 25.2. The molecule has 0 aliphatic carbocycles. The molecule has 0 aliphatic rings. The van der Waals surface area contributed by atoms with Crippen molar-refractivity contribution < 1.29 is 13.2 Å². The maximum atomic E-state index is 13.5. The van der Waals surface area contributed by atoms with Gasteiger partial charge >= 0.3 is 6.18 Å². The number of benzene rings is 1. The van der Waals surface area contributed by atoms with Gasteiger partial charge in [-0.05, 0) is 56.2 Å². The third kappa shape index (κ3) is 16.9. The Bertz CT molecular complexity index is 639. The molecule has 0 fully saturated rings. The number of hydrogen-bond donors (Lipinski definition) is 0. The topological polar surface area (TPSA) is 0 Å². The zero-order valence-electron chi connectivity index (χ0n) is 24.7. The van der Waals surface area contributed by atoms with E-state index in [4.69, 9.17) is 0 Å². The predicted octanol–water partition coefficient (Wildman–Crippen LogP) is 12.7. The summed E-state index contributed by atoms with van der Waals surface area (Å²) in [5, 5.41) is 0. The van der Waals surface area contributed by atoms with E-state index < -0.39 is 19.0 Å². The summed E-state index contributed by atoms with van der Waals surface area (Å²) in [6.45, 7) is 6.78. The fraction of sp³-hybridized carbons (Fsp3) is 0.818. The van der Waals surface area contributed by atoms with Crippen LogP contribution in [0.2, 0.25) is 0 Å². The average molecular weight is 544 g/mol. The summed E-state index contributed by atoms with van der Waals surface area (Å²) >= 11 is 0. The van der Waals surface area contributed by atoms with E-state index in [1.165, 1.54) is 153 Å². The second-order valence-corrected chi connectivity index (χ2v) is 15.9. The van der Waals surface area contributed by atoms with Crippen molar-refractivity contribution in [2.24, 2.45) is 0 Å². The molecule has 1 aromatic rings. The van der Waals surface area contributed by atoms with Crippen LogP contribution in [0.15, 0.2) is 24.3 Å². The van der Waals surface area contributed by atoms with Crippen molar-refractivity contribution in [1.29, 1.82) is 0 Å². The van der Waals surface area contributed by atoms with E-state index in [-0.39, 0.29) is 0 Å². The van der Waals surface area contributed by atoms with E-state index in [2.05, 4.69) is 20.8 Å². The molecule has 0 heterocycles. The van der Waals surface area contributed by atoms with Crippen molar-refractivity contribution in [1.82, 2.24) is 0 Å². The molecule has 37 heavy (non-hydrogen) atoms. The van der Waals surface area contributed by atoms with Gasteiger partial charge < -0.3 is 0 Å². The molecule has 1 rings (SSSR count). The van der Waals surface area contributed by atoms with E-state index in [0.717, 1.165) is 11.7 Å². The molecule has 0 radical (unpaired) electrons. The van der Waals surface area contributed by atoms with Gasteiger partial charge in [0.2, 0.25) is 0 Å². The summed E-state index contributed by atoms with van der Waals surface area (Å²) in [5.41, 5.74) is 0.459. The number of halogens is 3. The summed E-state index contributed by atoms with van der Waals surface area (Å²) in [6, 6.07) is 6.30. The lowest BCUT2D eigenvalue weighted by atomic mass is 10.1. The van der Waals surface area contributed by atoms with Crippen molar-refractivity contribution in [3.8, 4) is 0 Å². The van der Waals surface area contributed by atoms with Gasteiger partial charge in [-0.1, -0.05) is 116 Å². The first-order chi connectivity index (χ1) is 17.9. The van der Waals surface area contributed by atoms with Gasteiger partial charge in [0.25, 0.3) is 0 Å². The van der Waals surface area contributed by atoms with Crippen LogP contribution in [-0.2, 0) is 12.3 Å². The molecular formula is C33H59F3P+. The molecule has 1 aromatic carbocycles. The lowest BCUT2D eigenvalue weighted by Gasteiger charge is -2.29. The number of hydrogen-bond acceptors (Lipinski definition) is 0. The zero-order valence-corrected chi connectivity index (χ0v) is 25.5. The lowest BCUT2D eigenvalue weighted by Crippen LogP contribution is -2.13. The Labute approximate surface area is 229 Å². The SMILES string of the molecule is CCCCCCCCC[P+](CCCCCCCC)(CCCCCCCC)Cc1cccc(C(F)(F)F)c1. The van der Waals surface area contributed by atoms with E-state index in [1.54, 1.807) is 6.07 Å². The summed E-state index contributed by atoms with van der Waals surface area (Å²) in [7, 11) is -1.33. The highest BCUT2D eigenvalue weighted by Crippen LogP contribution is 2.63. The second kappa shape index (κ2) is 21.3. The Hall–Kier alpha value is -0.560. The van der Waals surface area contributed by atoms with E-state index in [1.807, 2.05) is 6.07 Å². The summed E-state index contributed by atoms with van der Waals surface area (Å²) < 4.78 is 40.5. The van der Waals surface area contributed by atoms with Gasteiger partial charge in [-0.25, -0.2) is 0 Å². The smallest absolute Gasteiger partial charge is 0.166 e. The first kappa shape index (κ1) is 34.5. The van der Waals surface area contributed by atoms with E-state index in [0.29, 0.717) is 0 Å². The highest BCUT2D eigenvalue weighted by molar-refractivity contribution is 7.75. The fourth-order valence-corrected chi connectivity index (χ4v) is 10.5. The van der Waals surface area contributed by atoms with Crippen LogP contribution in [0, 0.1) is 0 Å². The molecule has 0 aromatic heterocycles. The van der Waals surface area contributed by atoms with E-state index in [9.17, 15) is 13.2 Å². The largest absolute Gasteiger partial charge is 0.416 e. The molecule has 0 spiro atoms. The Morgan fingerprint density at radius 1 is 0.541 bits per heavy atom. The zero-order chi connectivity index (χ0) is 27.2. The van der Waals surface area contributed by atoms with Gasteiger partial charge in [0.1, 0.15) is 0 Å². The van der Waals surface area contributed by atoms with Crippen molar-refractivity contribution in [2.45, 2.75) is 155 Å². The van der Waals surface area contributed by atoms with Gasteiger partial charge in [-0.3, -0.25) is 0 Å². The maximum absolute atomic E-state index is 13.5. The molecule has 0 nitrogen and oxygen atoms in total. The first-order valence-electron chi connectivity index (χ1n) is 15.9. The molecule has 0 saturated heterocycles. The monoisotopic (exact) mass is 543 g/mol. The van der Waals surface area contributed by atoms with Crippen LogP contribution in [0.4, 0.5) is 13.2 Å². The molecule has 0 amide bonds. The molecule has 0 unspecified atom stereocenters. The van der Waals surface area contributed by atoms with Gasteiger partial charge in [-0.15, -0.1) is 0 Å². The van der Waals surface area contributed by atoms with Gasteiger partial charge in [0, 0.05) is 7.26 Å². The van der Waals surface area contributed by atoms with Crippen LogP contribution in [0.25, 0.3) is 0 Å². The van der Waals surface area contributed by atoms with Crippen molar-refractivity contribution in [2.75, 3.05) is 18.5 Å². The highest BCUT2D eigenvalue weighted by atomic mass is 31.2. The van der Waals surface area contributed by atoms with Gasteiger partial charge in [0.15, 0.2) is 0 Å². The minimum atomic E-state index is -4.26. The minimum Gasteiger partial charge on any atom is -0.166 e. The molecule has 216 valence electrons. The van der Waals surface area contributed by atoms with Gasteiger partial charge in [0.05, 0.1) is 30.2 Å². The molecule has 0 aliphatic heterocycles. The quantitative estimate of drug-likeness (QED) is 0.0898. The summed E-state index contributed by atoms with van der Waals surface area (Å²) in [4.78, 5) is 0. The molecule has 0 N–H and O–H groups in total. The molecular weight excluding hydrogens is 484 g/mol. The first-order valence-corrected chi connectivity index (χ1v) is 18.4. The highest BCUT2D eigenvalue weighted by Gasteiger charge is 2.37. The molecule has 0 atom stereocenters. The Balaban J connectivity index is 2.93. The standard InChI is InChI=1S/C33H59F3P/c1-4-7-10-13-16-19-22-28-37(26-20-17-14-11-8-5-2,27-21-18-15-12-9-6-3)30-31-24-23-25-32(29-31)33(34,35)36/h23-25,29H,4-22,26-28,30H2,1-3H3/q+1. The Morgan fingerprint density at radius 2 is 0.919 bits per heavy atom. The van der Waals surface area contributed by atoms with Crippen molar-refractivity contribution in [3.05, 3.63) is 35.4 Å². The molecule has 0 bridgehead atoms. The molecule has 0 saturated carbocycles. The predicted molar refractivity (Wildman–Crippen MR) is 161 cm³/mol. The third-order valence-corrected chi connectivity index (χ3v) is 12.8. The van der Waals surface area contributed by atoms with E-state index >= 15 is 0 Å². The Kier molecular flexibility index (Phi) is 19.8. The summed E-state index contributed by atoms with van der Waals surface area (Å²) in [5.74, 6) is 0. The minimum absolute atomic E-state index is 0.474. The fourth-order valence-electron chi connectivity index (χ4n) is 5.67. The maximum Gasteiger partial charge on any atom is 0.416 e.